The van der Waals surface area contributed by atoms with Crippen LogP contribution in [0.15, 0.2) is 30.3 Å². The average Bonchev–Trinajstić information content (AvgIpc) is 2.49. The van der Waals surface area contributed by atoms with Crippen molar-refractivity contribution < 1.29 is 9.53 Å². The first kappa shape index (κ1) is 16.5. The number of methoxy groups -OCH3 is 1. The number of carbonyl (C=O) groups is 1. The first-order valence-corrected chi connectivity index (χ1v) is 7.50. The number of hydrogen-bond donors (Lipinski definition) is 0. The van der Waals surface area contributed by atoms with Crippen LogP contribution in [0, 0.1) is 0 Å². The molecule has 20 heavy (non-hydrogen) atoms. The molecular weight excluding hydrogens is 248 g/mol. The summed E-state index contributed by atoms with van der Waals surface area (Å²) >= 11 is 0. The molecule has 0 amide bonds. The molecule has 0 unspecified atom stereocenters. The van der Waals surface area contributed by atoms with Gasteiger partial charge < -0.3 is 4.74 Å². The van der Waals surface area contributed by atoms with Gasteiger partial charge in [-0.1, -0.05) is 44.4 Å². The molecule has 0 N–H and O–H groups in total. The maximum atomic E-state index is 11.8. The number of rotatable bonds is 9. The van der Waals surface area contributed by atoms with E-state index in [0.29, 0.717) is 18.6 Å². The maximum Gasteiger partial charge on any atom is 0.136 e. The number of allylic oxidation sites excluding steroid dienone is 2. The number of ketones is 1. The molecule has 1 aromatic rings. The Morgan fingerprint density at radius 1 is 1.15 bits per heavy atom. The van der Waals surface area contributed by atoms with Gasteiger partial charge in [-0.3, -0.25) is 4.79 Å². The van der Waals surface area contributed by atoms with Crippen LogP contribution in [0.25, 0.3) is 5.57 Å². The van der Waals surface area contributed by atoms with Gasteiger partial charge in [0.15, 0.2) is 0 Å². The van der Waals surface area contributed by atoms with E-state index in [9.17, 15) is 4.79 Å². The van der Waals surface area contributed by atoms with E-state index in [1.807, 2.05) is 37.3 Å². The summed E-state index contributed by atoms with van der Waals surface area (Å²) in [6.07, 6.45) is 7.94. The summed E-state index contributed by atoms with van der Waals surface area (Å²) in [6, 6.07) is 7.94. The molecule has 1 aromatic carbocycles. The molecule has 0 fully saturated rings. The van der Waals surface area contributed by atoms with Crippen LogP contribution >= 0.6 is 0 Å². The van der Waals surface area contributed by atoms with Gasteiger partial charge in [0.1, 0.15) is 11.5 Å². The van der Waals surface area contributed by atoms with Crippen LogP contribution in [-0.4, -0.2) is 12.9 Å². The molecule has 0 atom stereocenters. The average molecular weight is 274 g/mol. The number of Topliss-reactive ketones (excluding diaryl/α,β-unsaturated/α-hetero) is 1. The number of ether oxygens (including phenoxy) is 1. The third kappa shape index (κ3) is 6.05. The van der Waals surface area contributed by atoms with Crippen molar-refractivity contribution in [1.82, 2.24) is 0 Å². The van der Waals surface area contributed by atoms with E-state index in [2.05, 4.69) is 6.92 Å². The summed E-state index contributed by atoms with van der Waals surface area (Å²) in [5.74, 6) is 1.20. The Labute approximate surface area is 122 Å². The Bertz CT molecular complexity index is 429. The lowest BCUT2D eigenvalue weighted by Gasteiger charge is -2.04. The van der Waals surface area contributed by atoms with E-state index in [1.165, 1.54) is 19.3 Å². The van der Waals surface area contributed by atoms with Crippen LogP contribution in [0.2, 0.25) is 0 Å². The molecule has 1 rings (SSSR count). The number of carbonyl (C=O) groups excluding carboxylic acids is 1. The second-order valence-corrected chi connectivity index (χ2v) is 5.17. The molecule has 0 aliphatic heterocycles. The minimum Gasteiger partial charge on any atom is -0.497 e. The summed E-state index contributed by atoms with van der Waals surface area (Å²) in [6.45, 7) is 4.23. The van der Waals surface area contributed by atoms with Crippen molar-refractivity contribution >= 4 is 11.4 Å². The summed E-state index contributed by atoms with van der Waals surface area (Å²) in [5.41, 5.74) is 2.29. The van der Waals surface area contributed by atoms with Gasteiger partial charge in [-0.05, 0) is 36.6 Å². The molecule has 0 aliphatic carbocycles. The molecule has 0 aliphatic rings. The molecule has 0 bridgehead atoms. The van der Waals surface area contributed by atoms with Gasteiger partial charge in [0.05, 0.1) is 7.11 Å². The van der Waals surface area contributed by atoms with Gasteiger partial charge in [-0.25, -0.2) is 0 Å². The first-order chi connectivity index (χ1) is 9.67. The molecule has 0 heterocycles. The van der Waals surface area contributed by atoms with Crippen LogP contribution in [0.1, 0.15) is 57.9 Å². The van der Waals surface area contributed by atoms with Crippen molar-refractivity contribution in [3.63, 3.8) is 0 Å². The van der Waals surface area contributed by atoms with Crippen molar-refractivity contribution in [1.29, 1.82) is 0 Å². The van der Waals surface area contributed by atoms with Crippen molar-refractivity contribution in [2.45, 2.75) is 52.4 Å². The van der Waals surface area contributed by atoms with Gasteiger partial charge >= 0.3 is 0 Å². The highest BCUT2D eigenvalue weighted by atomic mass is 16.5. The fraction of sp³-hybridized carbons (Fsp3) is 0.500. The molecule has 0 saturated heterocycles. The molecule has 0 saturated carbocycles. The molecule has 2 heteroatoms. The second kappa shape index (κ2) is 9.35. The molecule has 2 nitrogen and oxygen atoms in total. The summed E-state index contributed by atoms with van der Waals surface area (Å²) in [5, 5.41) is 0. The fourth-order valence-electron chi connectivity index (χ4n) is 2.09. The SMILES string of the molecule is CCCCCCC(=O)C/C=C(\C)c1ccc(OC)cc1. The van der Waals surface area contributed by atoms with Crippen LogP contribution in [0.5, 0.6) is 5.75 Å². The zero-order valence-corrected chi connectivity index (χ0v) is 12.9. The number of benzene rings is 1. The number of hydrogen-bond acceptors (Lipinski definition) is 2. The highest BCUT2D eigenvalue weighted by Crippen LogP contribution is 2.18. The Balaban J connectivity index is 2.41. The Morgan fingerprint density at radius 2 is 1.85 bits per heavy atom. The fourth-order valence-corrected chi connectivity index (χ4v) is 2.09. The molecule has 110 valence electrons. The molecular formula is C18H26O2. The van der Waals surface area contributed by atoms with Gasteiger partial charge in [0.25, 0.3) is 0 Å². The van der Waals surface area contributed by atoms with Crippen molar-refractivity contribution in [2.24, 2.45) is 0 Å². The van der Waals surface area contributed by atoms with E-state index in [-0.39, 0.29) is 0 Å². The standard InChI is InChI=1S/C18H26O2/c1-4-5-6-7-8-17(19)12-9-15(2)16-10-13-18(20-3)14-11-16/h9-11,13-14H,4-8,12H2,1-3H3/b15-9+. The van der Waals surface area contributed by atoms with Gasteiger partial charge in [0.2, 0.25) is 0 Å². The molecule has 0 radical (unpaired) electrons. The first-order valence-electron chi connectivity index (χ1n) is 7.50. The van der Waals surface area contributed by atoms with E-state index >= 15 is 0 Å². The van der Waals surface area contributed by atoms with E-state index in [0.717, 1.165) is 23.3 Å². The van der Waals surface area contributed by atoms with Crippen molar-refractivity contribution in [2.75, 3.05) is 7.11 Å². The summed E-state index contributed by atoms with van der Waals surface area (Å²) in [7, 11) is 1.66. The highest BCUT2D eigenvalue weighted by Gasteiger charge is 2.01. The van der Waals surface area contributed by atoms with Gasteiger partial charge in [-0.15, -0.1) is 0 Å². The monoisotopic (exact) mass is 274 g/mol. The lowest BCUT2D eigenvalue weighted by molar-refractivity contribution is -0.118. The smallest absolute Gasteiger partial charge is 0.136 e. The largest absolute Gasteiger partial charge is 0.497 e. The van der Waals surface area contributed by atoms with E-state index in [1.54, 1.807) is 7.11 Å². The van der Waals surface area contributed by atoms with Crippen molar-refractivity contribution in [3.05, 3.63) is 35.9 Å². The Kier molecular flexibility index (Phi) is 7.71. The third-order valence-electron chi connectivity index (χ3n) is 3.49. The predicted molar refractivity (Wildman–Crippen MR) is 85.0 cm³/mol. The third-order valence-corrected chi connectivity index (χ3v) is 3.49. The summed E-state index contributed by atoms with van der Waals surface area (Å²) in [4.78, 5) is 11.8. The van der Waals surface area contributed by atoms with Crippen LogP contribution in [0.4, 0.5) is 0 Å². The second-order valence-electron chi connectivity index (χ2n) is 5.17. The lowest BCUT2D eigenvalue weighted by atomic mass is 10.0. The zero-order valence-electron chi connectivity index (χ0n) is 12.9. The molecule has 0 spiro atoms. The van der Waals surface area contributed by atoms with Gasteiger partial charge in [-0.2, -0.15) is 0 Å². The lowest BCUT2D eigenvalue weighted by Crippen LogP contribution is -1.96. The highest BCUT2D eigenvalue weighted by molar-refractivity contribution is 5.81. The zero-order chi connectivity index (χ0) is 14.8. The van der Waals surface area contributed by atoms with Crippen LogP contribution < -0.4 is 4.74 Å². The van der Waals surface area contributed by atoms with E-state index in [4.69, 9.17) is 4.74 Å². The normalized spacial score (nSPS) is 11.4. The van der Waals surface area contributed by atoms with Crippen LogP contribution in [0.3, 0.4) is 0 Å². The Morgan fingerprint density at radius 3 is 2.45 bits per heavy atom. The maximum absolute atomic E-state index is 11.8. The quantitative estimate of drug-likeness (QED) is 0.590. The minimum atomic E-state index is 0.342. The van der Waals surface area contributed by atoms with Crippen LogP contribution in [-0.2, 0) is 4.79 Å². The topological polar surface area (TPSA) is 26.3 Å². The number of unbranched alkanes of at least 4 members (excludes halogenated alkanes) is 3. The van der Waals surface area contributed by atoms with Gasteiger partial charge in [0, 0.05) is 12.8 Å². The summed E-state index contributed by atoms with van der Waals surface area (Å²) < 4.78 is 5.14. The predicted octanol–water partition coefficient (Wildman–Crippen LogP) is 5.03. The molecule has 0 aromatic heterocycles. The Hall–Kier alpha value is -1.57. The minimum absolute atomic E-state index is 0.342. The van der Waals surface area contributed by atoms with E-state index < -0.39 is 0 Å². The van der Waals surface area contributed by atoms with Crippen molar-refractivity contribution in [3.8, 4) is 5.75 Å².